The molecule has 1 aliphatic rings. The maximum atomic E-state index is 8.89. The van der Waals surface area contributed by atoms with Crippen LogP contribution in [0.15, 0.2) is 12.1 Å². The molecule has 1 fully saturated rings. The summed E-state index contributed by atoms with van der Waals surface area (Å²) in [5.74, 6) is 1.19. The number of hydrogen-bond donors (Lipinski definition) is 1. The van der Waals surface area contributed by atoms with Crippen LogP contribution in [0.5, 0.6) is 17.2 Å². The van der Waals surface area contributed by atoms with Crippen molar-refractivity contribution in [3.05, 3.63) is 17.7 Å². The zero-order valence-corrected chi connectivity index (χ0v) is 11.5. The van der Waals surface area contributed by atoms with E-state index in [1.807, 2.05) is 12.1 Å². The minimum Gasteiger partial charge on any atom is -0.493 e. The van der Waals surface area contributed by atoms with Gasteiger partial charge in [0.1, 0.15) is 0 Å². The molecule has 5 nitrogen and oxygen atoms in total. The molecule has 106 valence electrons. The molecule has 0 amide bonds. The van der Waals surface area contributed by atoms with Crippen molar-refractivity contribution in [1.29, 1.82) is 0 Å². The van der Waals surface area contributed by atoms with Crippen LogP contribution in [0.1, 0.15) is 18.4 Å². The van der Waals surface area contributed by atoms with Gasteiger partial charge in [-0.25, -0.2) is 5.26 Å². The van der Waals surface area contributed by atoms with Crippen molar-refractivity contribution < 1.29 is 19.6 Å². The predicted molar refractivity (Wildman–Crippen MR) is 72.2 cm³/mol. The molecule has 0 saturated carbocycles. The SMILES string of the molecule is COc1cc(CCN2CCCC2)cc(OC)c1OO. The number of nitrogens with zero attached hydrogens (tertiary/aromatic N) is 1. The van der Waals surface area contributed by atoms with Crippen LogP contribution in [0.4, 0.5) is 0 Å². The fourth-order valence-electron chi connectivity index (χ4n) is 2.46. The molecule has 2 rings (SSSR count). The van der Waals surface area contributed by atoms with E-state index in [1.54, 1.807) is 14.2 Å². The predicted octanol–water partition coefficient (Wildman–Crippen LogP) is 2.19. The Bertz CT molecular complexity index is 391. The third-order valence-corrected chi connectivity index (χ3v) is 3.53. The highest BCUT2D eigenvalue weighted by Crippen LogP contribution is 2.38. The zero-order chi connectivity index (χ0) is 13.7. The van der Waals surface area contributed by atoms with E-state index in [4.69, 9.17) is 14.7 Å². The fourth-order valence-corrected chi connectivity index (χ4v) is 2.46. The molecule has 1 aromatic rings. The molecular formula is C14H21NO4. The van der Waals surface area contributed by atoms with E-state index in [-0.39, 0.29) is 5.75 Å². The van der Waals surface area contributed by atoms with Crippen molar-refractivity contribution >= 4 is 0 Å². The Kier molecular flexibility index (Phi) is 4.87. The van der Waals surface area contributed by atoms with E-state index in [0.717, 1.165) is 18.5 Å². The number of benzene rings is 1. The summed E-state index contributed by atoms with van der Waals surface area (Å²) in [5.41, 5.74) is 1.11. The van der Waals surface area contributed by atoms with Gasteiger partial charge in [0.2, 0.25) is 5.75 Å². The van der Waals surface area contributed by atoms with E-state index >= 15 is 0 Å². The fraction of sp³-hybridized carbons (Fsp3) is 0.571. The van der Waals surface area contributed by atoms with E-state index in [2.05, 4.69) is 9.79 Å². The van der Waals surface area contributed by atoms with Gasteiger partial charge in [0.05, 0.1) is 14.2 Å². The zero-order valence-electron chi connectivity index (χ0n) is 11.5. The molecule has 1 aliphatic heterocycles. The van der Waals surface area contributed by atoms with Gasteiger partial charge in [-0.15, -0.1) is 0 Å². The number of ether oxygens (including phenoxy) is 2. The molecule has 19 heavy (non-hydrogen) atoms. The molecule has 0 aliphatic carbocycles. The summed E-state index contributed by atoms with van der Waals surface area (Å²) in [6.07, 6.45) is 3.52. The molecule has 0 bridgehead atoms. The smallest absolute Gasteiger partial charge is 0.248 e. The van der Waals surface area contributed by atoms with Crippen LogP contribution < -0.4 is 14.4 Å². The molecular weight excluding hydrogens is 246 g/mol. The Morgan fingerprint density at radius 2 is 1.68 bits per heavy atom. The molecule has 0 atom stereocenters. The summed E-state index contributed by atoms with van der Waals surface area (Å²) >= 11 is 0. The lowest BCUT2D eigenvalue weighted by atomic mass is 10.1. The lowest BCUT2D eigenvalue weighted by molar-refractivity contribution is -0.140. The summed E-state index contributed by atoms with van der Waals surface area (Å²) in [4.78, 5) is 6.78. The van der Waals surface area contributed by atoms with Gasteiger partial charge in [-0.2, -0.15) is 0 Å². The second kappa shape index (κ2) is 6.63. The van der Waals surface area contributed by atoms with Crippen LogP contribution in [-0.4, -0.2) is 44.0 Å². The maximum Gasteiger partial charge on any atom is 0.248 e. The molecule has 1 N–H and O–H groups in total. The van der Waals surface area contributed by atoms with Crippen LogP contribution in [0.25, 0.3) is 0 Å². The number of rotatable bonds is 6. The Labute approximate surface area is 113 Å². The van der Waals surface area contributed by atoms with Gasteiger partial charge in [-0.05, 0) is 50.0 Å². The number of likely N-dealkylation sites (tertiary alicyclic amines) is 1. The Morgan fingerprint density at radius 1 is 1.11 bits per heavy atom. The number of methoxy groups -OCH3 is 2. The van der Waals surface area contributed by atoms with E-state index in [9.17, 15) is 0 Å². The molecule has 0 spiro atoms. The molecule has 0 unspecified atom stereocenters. The first-order chi connectivity index (χ1) is 9.28. The molecule has 0 radical (unpaired) electrons. The van der Waals surface area contributed by atoms with Gasteiger partial charge in [0.25, 0.3) is 0 Å². The Morgan fingerprint density at radius 3 is 2.16 bits per heavy atom. The van der Waals surface area contributed by atoms with Crippen molar-refractivity contribution in [1.82, 2.24) is 4.90 Å². The lowest BCUT2D eigenvalue weighted by Crippen LogP contribution is -2.21. The third kappa shape index (κ3) is 3.30. The van der Waals surface area contributed by atoms with Gasteiger partial charge in [-0.3, -0.25) is 0 Å². The molecule has 0 aromatic heterocycles. The van der Waals surface area contributed by atoms with E-state index in [0.29, 0.717) is 11.5 Å². The molecule has 1 saturated heterocycles. The highest BCUT2D eigenvalue weighted by atomic mass is 17.1. The molecule has 1 aromatic carbocycles. The second-order valence-electron chi connectivity index (χ2n) is 4.72. The lowest BCUT2D eigenvalue weighted by Gasteiger charge is -2.16. The molecule has 5 heteroatoms. The first-order valence-corrected chi connectivity index (χ1v) is 6.57. The van der Waals surface area contributed by atoms with Crippen molar-refractivity contribution in [2.45, 2.75) is 19.3 Å². The average Bonchev–Trinajstić information content (AvgIpc) is 2.97. The highest BCUT2D eigenvalue weighted by molar-refractivity contribution is 5.53. The van der Waals surface area contributed by atoms with E-state index in [1.165, 1.54) is 25.9 Å². The molecule has 1 heterocycles. The quantitative estimate of drug-likeness (QED) is 0.632. The minimum atomic E-state index is 0.218. The second-order valence-corrected chi connectivity index (χ2v) is 4.72. The highest BCUT2D eigenvalue weighted by Gasteiger charge is 2.16. The summed E-state index contributed by atoms with van der Waals surface area (Å²) < 4.78 is 10.4. The number of hydrogen-bond acceptors (Lipinski definition) is 5. The van der Waals surface area contributed by atoms with Crippen molar-refractivity contribution in [3.8, 4) is 17.2 Å². The Balaban J connectivity index is 2.11. The standard InChI is InChI=1S/C14H21NO4/c1-17-12-9-11(5-8-15-6-3-4-7-15)10-13(18-2)14(12)19-16/h9-10,16H,3-8H2,1-2H3. The van der Waals surface area contributed by atoms with Gasteiger partial charge >= 0.3 is 0 Å². The first kappa shape index (κ1) is 14.0. The maximum absolute atomic E-state index is 8.89. The van der Waals surface area contributed by atoms with Gasteiger partial charge in [-0.1, -0.05) is 0 Å². The summed E-state index contributed by atoms with van der Waals surface area (Å²) in [6, 6.07) is 3.76. The van der Waals surface area contributed by atoms with Crippen LogP contribution in [-0.2, 0) is 6.42 Å². The van der Waals surface area contributed by atoms with Crippen molar-refractivity contribution in [2.75, 3.05) is 33.9 Å². The van der Waals surface area contributed by atoms with Crippen molar-refractivity contribution in [3.63, 3.8) is 0 Å². The third-order valence-electron chi connectivity index (χ3n) is 3.53. The van der Waals surface area contributed by atoms with E-state index < -0.39 is 0 Å². The topological polar surface area (TPSA) is 51.2 Å². The summed E-state index contributed by atoms with van der Waals surface area (Å²) in [5, 5.41) is 8.89. The average molecular weight is 267 g/mol. The van der Waals surface area contributed by atoms with Crippen LogP contribution in [0.3, 0.4) is 0 Å². The van der Waals surface area contributed by atoms with Crippen molar-refractivity contribution in [2.24, 2.45) is 0 Å². The monoisotopic (exact) mass is 267 g/mol. The van der Waals surface area contributed by atoms with Crippen LogP contribution in [0, 0.1) is 0 Å². The van der Waals surface area contributed by atoms with Crippen LogP contribution >= 0.6 is 0 Å². The van der Waals surface area contributed by atoms with Gasteiger partial charge < -0.3 is 19.3 Å². The first-order valence-electron chi connectivity index (χ1n) is 6.57. The summed E-state index contributed by atoms with van der Waals surface area (Å²) in [6.45, 7) is 3.41. The normalized spacial score (nSPS) is 15.5. The van der Waals surface area contributed by atoms with Crippen LogP contribution in [0.2, 0.25) is 0 Å². The minimum absolute atomic E-state index is 0.218. The largest absolute Gasteiger partial charge is 0.493 e. The van der Waals surface area contributed by atoms with Gasteiger partial charge in [0.15, 0.2) is 11.5 Å². The summed E-state index contributed by atoms with van der Waals surface area (Å²) in [7, 11) is 3.09. The van der Waals surface area contributed by atoms with Gasteiger partial charge in [0, 0.05) is 6.54 Å². The Hall–Kier alpha value is -1.46.